The molecule has 0 radical (unpaired) electrons. The Labute approximate surface area is 151 Å². The SMILES string of the molecule is COc1cc([C@H](O)[C@@H]2CO2)ccc1-c1cc(/C=C/CO)cc(OC)c1O. The number of ether oxygens (including phenoxy) is 3. The third-order valence-electron chi connectivity index (χ3n) is 4.30. The topological polar surface area (TPSA) is 91.7 Å². The van der Waals surface area contributed by atoms with Crippen LogP contribution in [-0.4, -0.2) is 48.9 Å². The molecule has 6 nitrogen and oxygen atoms in total. The molecule has 1 heterocycles. The fourth-order valence-corrected chi connectivity index (χ4v) is 2.84. The zero-order valence-electron chi connectivity index (χ0n) is 14.7. The number of benzene rings is 2. The Kier molecular flexibility index (Phi) is 5.46. The fraction of sp³-hybridized carbons (Fsp3) is 0.300. The summed E-state index contributed by atoms with van der Waals surface area (Å²) in [6.45, 7) is 0.458. The number of phenolic OH excluding ortho intramolecular Hbond substituents is 1. The van der Waals surface area contributed by atoms with Gasteiger partial charge in [-0.2, -0.15) is 0 Å². The summed E-state index contributed by atoms with van der Waals surface area (Å²) in [5.41, 5.74) is 2.65. The first-order valence-corrected chi connectivity index (χ1v) is 8.25. The minimum Gasteiger partial charge on any atom is -0.504 e. The van der Waals surface area contributed by atoms with Crippen molar-refractivity contribution in [3.05, 3.63) is 47.5 Å². The van der Waals surface area contributed by atoms with Crippen LogP contribution in [0.25, 0.3) is 17.2 Å². The van der Waals surface area contributed by atoms with Crippen LogP contribution in [0.1, 0.15) is 17.2 Å². The third-order valence-corrected chi connectivity index (χ3v) is 4.30. The molecular weight excluding hydrogens is 336 g/mol. The van der Waals surface area contributed by atoms with Gasteiger partial charge in [-0.3, -0.25) is 0 Å². The standard InChI is InChI=1S/C20H22O6/c1-24-16-10-13(19(22)18-11-26-18)5-6-14(16)15-8-12(4-3-7-21)9-17(25-2)20(15)23/h3-6,8-10,18-19,21-23H,7,11H2,1-2H3/b4-3+/t18-,19-/m0/s1. The highest BCUT2D eigenvalue weighted by Crippen LogP contribution is 2.43. The van der Waals surface area contributed by atoms with Crippen LogP contribution in [0.4, 0.5) is 0 Å². The predicted molar refractivity (Wildman–Crippen MR) is 97.5 cm³/mol. The van der Waals surface area contributed by atoms with E-state index in [1.165, 1.54) is 14.2 Å². The van der Waals surface area contributed by atoms with Crippen molar-refractivity contribution in [1.29, 1.82) is 0 Å². The van der Waals surface area contributed by atoms with Gasteiger partial charge in [0.25, 0.3) is 0 Å². The molecule has 3 N–H and O–H groups in total. The number of rotatable bonds is 7. The van der Waals surface area contributed by atoms with E-state index in [2.05, 4.69) is 0 Å². The van der Waals surface area contributed by atoms with Crippen LogP contribution in [0.3, 0.4) is 0 Å². The van der Waals surface area contributed by atoms with Crippen molar-refractivity contribution in [3.8, 4) is 28.4 Å². The Morgan fingerprint density at radius 2 is 1.88 bits per heavy atom. The molecule has 0 unspecified atom stereocenters. The maximum Gasteiger partial charge on any atom is 0.165 e. The number of epoxide rings is 1. The first-order valence-electron chi connectivity index (χ1n) is 8.25. The third kappa shape index (κ3) is 3.67. The molecule has 0 amide bonds. The quantitative estimate of drug-likeness (QED) is 0.659. The highest BCUT2D eigenvalue weighted by atomic mass is 16.6. The molecule has 0 saturated carbocycles. The molecule has 1 fully saturated rings. The molecular formula is C20H22O6. The number of hydrogen-bond donors (Lipinski definition) is 3. The molecule has 3 rings (SSSR count). The van der Waals surface area contributed by atoms with Gasteiger partial charge in [0.1, 0.15) is 18.0 Å². The second-order valence-corrected chi connectivity index (χ2v) is 5.98. The second kappa shape index (κ2) is 7.78. The summed E-state index contributed by atoms with van der Waals surface area (Å²) in [7, 11) is 3.01. The average Bonchev–Trinajstić information content (AvgIpc) is 3.51. The molecule has 0 spiro atoms. The van der Waals surface area contributed by atoms with Crippen molar-refractivity contribution in [3.63, 3.8) is 0 Å². The van der Waals surface area contributed by atoms with E-state index in [1.54, 1.807) is 42.5 Å². The maximum atomic E-state index is 10.6. The van der Waals surface area contributed by atoms with E-state index >= 15 is 0 Å². The van der Waals surface area contributed by atoms with Crippen LogP contribution >= 0.6 is 0 Å². The number of aromatic hydroxyl groups is 1. The van der Waals surface area contributed by atoms with Gasteiger partial charge in [-0.15, -0.1) is 0 Å². The van der Waals surface area contributed by atoms with Crippen LogP contribution in [0.2, 0.25) is 0 Å². The van der Waals surface area contributed by atoms with Gasteiger partial charge < -0.3 is 29.5 Å². The number of methoxy groups -OCH3 is 2. The van der Waals surface area contributed by atoms with E-state index in [4.69, 9.17) is 19.3 Å². The summed E-state index contributed by atoms with van der Waals surface area (Å²) < 4.78 is 15.9. The first-order chi connectivity index (χ1) is 12.6. The van der Waals surface area contributed by atoms with Gasteiger partial charge >= 0.3 is 0 Å². The molecule has 0 aromatic heterocycles. The van der Waals surface area contributed by atoms with Crippen molar-refractivity contribution in [2.75, 3.05) is 27.4 Å². The van der Waals surface area contributed by atoms with Crippen molar-refractivity contribution in [2.24, 2.45) is 0 Å². The molecule has 2 aromatic rings. The van der Waals surface area contributed by atoms with Crippen molar-refractivity contribution < 1.29 is 29.5 Å². The zero-order chi connectivity index (χ0) is 18.7. The van der Waals surface area contributed by atoms with Gasteiger partial charge in [0.05, 0.1) is 27.4 Å². The van der Waals surface area contributed by atoms with Crippen molar-refractivity contribution in [2.45, 2.75) is 12.2 Å². The molecule has 1 aliphatic heterocycles. The average molecular weight is 358 g/mol. The lowest BCUT2D eigenvalue weighted by atomic mass is 9.97. The summed E-state index contributed by atoms with van der Waals surface area (Å²) in [4.78, 5) is 0. The summed E-state index contributed by atoms with van der Waals surface area (Å²) in [5.74, 6) is 0.825. The number of aliphatic hydroxyl groups excluding tert-OH is 2. The smallest absolute Gasteiger partial charge is 0.165 e. The number of phenols is 1. The Balaban J connectivity index is 2.08. The molecule has 0 bridgehead atoms. The van der Waals surface area contributed by atoms with E-state index in [1.807, 2.05) is 0 Å². The minimum atomic E-state index is -0.708. The zero-order valence-corrected chi connectivity index (χ0v) is 14.7. The lowest BCUT2D eigenvalue weighted by Crippen LogP contribution is -2.05. The Morgan fingerprint density at radius 1 is 1.15 bits per heavy atom. The highest BCUT2D eigenvalue weighted by molar-refractivity contribution is 5.80. The predicted octanol–water partition coefficient (Wildman–Crippen LogP) is 2.51. The largest absolute Gasteiger partial charge is 0.504 e. The Hall–Kier alpha value is -2.54. The van der Waals surface area contributed by atoms with Gasteiger partial charge in [0, 0.05) is 11.1 Å². The lowest BCUT2D eigenvalue weighted by molar-refractivity contribution is 0.136. The molecule has 1 aliphatic rings. The summed E-state index contributed by atoms with van der Waals surface area (Å²) >= 11 is 0. The van der Waals surface area contributed by atoms with E-state index in [-0.39, 0.29) is 18.5 Å². The number of aliphatic hydroxyl groups is 2. The van der Waals surface area contributed by atoms with Crippen LogP contribution in [0, 0.1) is 0 Å². The molecule has 0 aliphatic carbocycles. The van der Waals surface area contributed by atoms with Gasteiger partial charge in [0.2, 0.25) is 0 Å². The summed E-state index contributed by atoms with van der Waals surface area (Å²) in [5, 5.41) is 29.8. The summed E-state index contributed by atoms with van der Waals surface area (Å²) in [6.07, 6.45) is 2.45. The van der Waals surface area contributed by atoms with Gasteiger partial charge in [-0.05, 0) is 29.3 Å². The van der Waals surface area contributed by atoms with E-state index < -0.39 is 6.10 Å². The Morgan fingerprint density at radius 3 is 2.50 bits per heavy atom. The normalized spacial score (nSPS) is 17.3. The molecule has 1 saturated heterocycles. The molecule has 2 aromatic carbocycles. The van der Waals surface area contributed by atoms with Gasteiger partial charge in [-0.1, -0.05) is 24.3 Å². The van der Waals surface area contributed by atoms with Crippen LogP contribution in [-0.2, 0) is 4.74 Å². The number of hydrogen-bond acceptors (Lipinski definition) is 6. The Bertz CT molecular complexity index is 810. The first kappa shape index (κ1) is 18.3. The maximum absolute atomic E-state index is 10.6. The van der Waals surface area contributed by atoms with E-state index in [0.29, 0.717) is 34.8 Å². The van der Waals surface area contributed by atoms with Crippen LogP contribution in [0.5, 0.6) is 17.2 Å². The van der Waals surface area contributed by atoms with E-state index in [9.17, 15) is 10.2 Å². The van der Waals surface area contributed by atoms with Gasteiger partial charge in [0.15, 0.2) is 11.5 Å². The second-order valence-electron chi connectivity index (χ2n) is 5.98. The fourth-order valence-electron chi connectivity index (χ4n) is 2.84. The van der Waals surface area contributed by atoms with Crippen LogP contribution in [0.15, 0.2) is 36.4 Å². The van der Waals surface area contributed by atoms with Crippen molar-refractivity contribution >= 4 is 6.08 Å². The minimum absolute atomic E-state index is 0.00854. The van der Waals surface area contributed by atoms with Gasteiger partial charge in [-0.25, -0.2) is 0 Å². The van der Waals surface area contributed by atoms with E-state index in [0.717, 1.165) is 5.56 Å². The summed E-state index contributed by atoms with van der Waals surface area (Å²) in [6, 6.07) is 8.77. The molecule has 26 heavy (non-hydrogen) atoms. The molecule has 6 heteroatoms. The molecule has 138 valence electrons. The molecule has 2 atom stereocenters. The highest BCUT2D eigenvalue weighted by Gasteiger charge is 2.32. The van der Waals surface area contributed by atoms with Crippen molar-refractivity contribution in [1.82, 2.24) is 0 Å². The lowest BCUT2D eigenvalue weighted by Gasteiger charge is -2.16. The van der Waals surface area contributed by atoms with Crippen LogP contribution < -0.4 is 9.47 Å². The monoisotopic (exact) mass is 358 g/mol.